The van der Waals surface area contributed by atoms with Crippen molar-refractivity contribution in [3.63, 3.8) is 0 Å². The quantitative estimate of drug-likeness (QED) is 0.0117. The van der Waals surface area contributed by atoms with Gasteiger partial charge in [0.1, 0.15) is 24.4 Å². The number of esters is 2. The van der Waals surface area contributed by atoms with Crippen LogP contribution in [0.1, 0.15) is 365 Å². The Morgan fingerprint density at radius 3 is 1.05 bits per heavy atom. The first-order valence-corrected chi connectivity index (χ1v) is 54.2. The number of unbranched alkanes of at least 4 members (excludes halogenated alkanes) is 10. The van der Waals surface area contributed by atoms with Gasteiger partial charge in [0.15, 0.2) is 0 Å². The van der Waals surface area contributed by atoms with Gasteiger partial charge in [0.25, 0.3) is 0 Å². The van der Waals surface area contributed by atoms with Crippen LogP contribution in [0.15, 0.2) is 23.3 Å². The van der Waals surface area contributed by atoms with Crippen LogP contribution in [-0.4, -0.2) is 222 Å². The van der Waals surface area contributed by atoms with Crippen LogP contribution in [0.2, 0.25) is 0 Å². The maximum Gasteiger partial charge on any atom is 0.695 e. The molecule has 4 heterocycles. The number of ether oxygens (including phenoxy) is 2. The summed E-state index contributed by atoms with van der Waals surface area (Å²) in [4.78, 5) is 98.7. The molecule has 0 aromatic rings. The van der Waals surface area contributed by atoms with E-state index in [2.05, 4.69) is 81.4 Å². The van der Waals surface area contributed by atoms with Crippen LogP contribution in [0.4, 0.5) is 0 Å². The highest BCUT2D eigenvalue weighted by molar-refractivity contribution is 7.32. The highest BCUT2D eigenvalue weighted by Gasteiger charge is 2.62. The smallest absolute Gasteiger partial charge is 0.462 e. The number of rotatable bonds is 44. The molecule has 4 aliphatic heterocycles. The number of hydrogen-bond acceptors (Lipinski definition) is 20. The molecule has 0 radical (unpaired) electrons. The van der Waals surface area contributed by atoms with Crippen molar-refractivity contribution >= 4 is 52.1 Å². The fraction of sp³-hybridized carbons (Fsp3) is 0.902. The Labute approximate surface area is 782 Å². The molecular weight excluding hydrogens is 1690 g/mol. The summed E-state index contributed by atoms with van der Waals surface area (Å²) < 4.78 is 43.5. The summed E-state index contributed by atoms with van der Waals surface area (Å²) in [6.07, 6.45) is 47.3. The van der Waals surface area contributed by atoms with Crippen molar-refractivity contribution < 1.29 is 96.8 Å². The van der Waals surface area contributed by atoms with E-state index < -0.39 is 40.9 Å². The molecule has 8 aliphatic carbocycles. The molecule has 26 nitrogen and oxygen atoms in total. The van der Waals surface area contributed by atoms with E-state index in [1.165, 1.54) is 103 Å². The molecule has 0 bridgehead atoms. The molecule has 744 valence electrons. The number of likely N-dealkylation sites (tertiary alicyclic amines) is 4. The summed E-state index contributed by atoms with van der Waals surface area (Å²) in [6.45, 7) is 26.9. The number of nitrogens with zero attached hydrogens (tertiary/aromatic N) is 4. The number of amides is 4. The summed E-state index contributed by atoms with van der Waals surface area (Å²) in [5, 5.41) is 56.7. The highest BCUT2D eigenvalue weighted by Crippen LogP contribution is 2.70. The topological polar surface area (TPSA) is 400 Å². The Bertz CT molecular complexity index is 3620. The summed E-state index contributed by atoms with van der Waals surface area (Å²) in [5.41, 5.74) is 15.4. The van der Waals surface area contributed by atoms with Crippen molar-refractivity contribution in [3.8, 4) is 0 Å². The van der Waals surface area contributed by atoms with Crippen molar-refractivity contribution in [2.24, 2.45) is 104 Å². The summed E-state index contributed by atoms with van der Waals surface area (Å²) in [6, 6.07) is -1.14. The molecule has 10 fully saturated rings. The Kier molecular flexibility index (Phi) is 44.9. The average Bonchev–Trinajstić information content (AvgIpc) is 1.44. The predicted octanol–water partition coefficient (Wildman–Crippen LogP) is 16.7. The zero-order valence-corrected chi connectivity index (χ0v) is 83.6. The maximum absolute atomic E-state index is 12.8. The van der Waals surface area contributed by atoms with E-state index in [0.717, 1.165) is 193 Å². The van der Waals surface area contributed by atoms with Crippen molar-refractivity contribution in [2.45, 2.75) is 425 Å². The lowest BCUT2D eigenvalue weighted by Gasteiger charge is -2.58. The lowest BCUT2D eigenvalue weighted by atomic mass is 9.47. The lowest BCUT2D eigenvalue weighted by molar-refractivity contribution is -0.152. The van der Waals surface area contributed by atoms with Gasteiger partial charge in [-0.3, -0.25) is 28.8 Å². The summed E-state index contributed by atoms with van der Waals surface area (Å²) in [7, 11) is -5.41. The normalized spacial score (nSPS) is 33.7. The van der Waals surface area contributed by atoms with Crippen LogP contribution < -0.4 is 11.5 Å². The van der Waals surface area contributed by atoms with E-state index in [1.807, 2.05) is 0 Å². The second-order valence-corrected chi connectivity index (χ2v) is 45.4. The molecule has 4 saturated heterocycles. The van der Waals surface area contributed by atoms with Crippen LogP contribution in [0.3, 0.4) is 0 Å². The first-order chi connectivity index (χ1) is 62.1. The molecule has 12 N–H and O–H groups in total. The number of β-amino-alcohol motifs (C(OH)–C–C–N with tert-alkyl or cyclic N) is 2. The molecule has 0 aromatic heterocycles. The van der Waals surface area contributed by atoms with Gasteiger partial charge in [-0.15, -0.1) is 18.8 Å². The number of fused-ring (bicyclic) bond motifs is 10. The zero-order valence-electron chi connectivity index (χ0n) is 81.8. The van der Waals surface area contributed by atoms with E-state index in [0.29, 0.717) is 108 Å². The molecule has 8 unspecified atom stereocenters. The second kappa shape index (κ2) is 53.3. The van der Waals surface area contributed by atoms with E-state index in [-0.39, 0.29) is 122 Å². The molecule has 0 aromatic carbocycles. The molecule has 130 heavy (non-hydrogen) atoms. The lowest BCUT2D eigenvalue weighted by Crippen LogP contribution is -2.51. The van der Waals surface area contributed by atoms with Gasteiger partial charge < -0.3 is 71.2 Å². The minimum atomic E-state index is -2.73. The van der Waals surface area contributed by atoms with Crippen LogP contribution >= 0.6 is 16.5 Å². The van der Waals surface area contributed by atoms with E-state index in [1.54, 1.807) is 30.7 Å². The van der Waals surface area contributed by atoms with Crippen LogP contribution in [-0.2, 0) is 56.4 Å². The van der Waals surface area contributed by atoms with E-state index in [4.69, 9.17) is 44.9 Å². The number of aliphatic hydroxyl groups excluding tert-OH is 6. The Morgan fingerprint density at radius 2 is 0.723 bits per heavy atom. The Morgan fingerprint density at radius 1 is 0.400 bits per heavy atom. The van der Waals surface area contributed by atoms with Crippen LogP contribution in [0.25, 0.3) is 0 Å². The van der Waals surface area contributed by atoms with Crippen molar-refractivity contribution in [2.75, 3.05) is 65.7 Å². The number of nitrogens with two attached hydrogens (primary N) is 2. The molecule has 0 spiro atoms. The first-order valence-electron chi connectivity index (χ1n) is 51.9. The fourth-order valence-electron chi connectivity index (χ4n) is 27.4. The third-order valence-corrected chi connectivity index (χ3v) is 35.4. The largest absolute Gasteiger partial charge is 0.695 e. The average molecular weight is 1870 g/mol. The number of allylic oxidation sites excluding steroid dienone is 2. The highest BCUT2D eigenvalue weighted by atomic mass is 31.1. The maximum atomic E-state index is 12.8. The van der Waals surface area contributed by atoms with Crippen molar-refractivity contribution in [3.05, 3.63) is 23.3 Å². The fourth-order valence-corrected chi connectivity index (χ4v) is 28.2. The molecule has 6 saturated carbocycles. The van der Waals surface area contributed by atoms with Gasteiger partial charge in [-0.1, -0.05) is 170 Å². The van der Waals surface area contributed by atoms with Gasteiger partial charge in [-0.2, -0.15) is 0 Å². The van der Waals surface area contributed by atoms with E-state index in [9.17, 15) is 63.4 Å². The van der Waals surface area contributed by atoms with Gasteiger partial charge in [-0.25, -0.2) is 0 Å². The van der Waals surface area contributed by atoms with Gasteiger partial charge in [0.2, 0.25) is 23.6 Å². The molecule has 26 atom stereocenters. The monoisotopic (exact) mass is 1870 g/mol. The Balaban J connectivity index is 0.000000215. The number of carbonyl (C=O) groups is 6. The summed E-state index contributed by atoms with van der Waals surface area (Å²) >= 11 is 0. The van der Waals surface area contributed by atoms with E-state index >= 15 is 0 Å². The third kappa shape index (κ3) is 30.0. The van der Waals surface area contributed by atoms with Gasteiger partial charge >= 0.3 is 28.4 Å². The van der Waals surface area contributed by atoms with Gasteiger partial charge in [0.05, 0.1) is 75.9 Å². The van der Waals surface area contributed by atoms with Crippen LogP contribution in [0.5, 0.6) is 0 Å². The molecule has 28 heteroatoms. The minimum Gasteiger partial charge on any atom is -0.462 e. The van der Waals surface area contributed by atoms with Crippen molar-refractivity contribution in [1.82, 2.24) is 19.6 Å². The third-order valence-electron chi connectivity index (χ3n) is 34.5. The van der Waals surface area contributed by atoms with Gasteiger partial charge in [-0.05, 0) is 260 Å². The molecular formula is C102H178N6O20P2+2. The zero-order chi connectivity index (χ0) is 94.6. The van der Waals surface area contributed by atoms with Crippen molar-refractivity contribution in [1.29, 1.82) is 0 Å². The number of hydrogen-bond donors (Lipinski definition) is 10. The molecule has 12 aliphatic rings. The summed E-state index contributed by atoms with van der Waals surface area (Å²) in [5.74, 6) is 9.78. The van der Waals surface area contributed by atoms with Crippen LogP contribution in [0, 0.1) is 92.7 Å². The SMILES string of the molecule is CC(C)CCC[C@@H](C)[C@H]1CCC2C3CC=C4C[C@@H](OC(=O)CCCCCCC(=O)N5C[C@H](O)C[C@H]5CO)CC[C@]4(C)C3CC[C@@]21C.CC(C)CCC[C@@H](C)[C@H]1CCC2C3CC=C4C[C@@H](OC(=O)CCCCCCC(=O)N5C[C@H](O[P+](=O)O)C[C@H]5CO)CC[C@]4(C)C3CC[C@@]21C.NCCCCCC(=O)N1C[C@H](O)C[C@H]1CO.NCCCCCC(=O)N1C[C@H](O[P+](=O)O)C[C@H]1CO. The standard InChI is InChI=1S/C40H66NO7P.C40H67NO5.C11H21N2O5P.C11H22N2O3/c1-27(2)11-10-12-28(3)34-17-18-35-33-16-15-29-23-31(19-21-39(29,4)36(33)20-22-40(34,35)5)47-38(44)14-9-7-6-8-13-37(43)41-25-32(48-49(45)46)24-30(41)26-42;1-27(2)11-10-12-28(3)34-17-18-35-33-16-15-29-23-32(19-21-39(29,4)36(33)20-22-40(34,35)5)46-38(45)14-9-7-6-8-13-37(44)41-25-31(43)24-30(41)26-42;12-5-3-1-2-4-11(15)13-7-10(18-19(16)17)6-9(13)8-14;12-5-3-1-2-4-11(16)13-7-10(15)6-9(13)8-14/h15,27-28,30-36,42H,6-14,16-26H2,1-5H3;15,27-28,30-36,42-43H,6-14,16-26H2,1-5H3;9-10,14H,1-8,12H2;9-10,14-15H,1-8,12H2/p+2/t28-,30+,31+,32-,33?,34-,35?,36?,39+,40-;28-,30+,31-,32+,33?,34-,35?,36?,39+,40-;2*9-,10+/m1100/s1. The molecule has 4 amide bonds. The van der Waals surface area contributed by atoms with Gasteiger partial charge in [0, 0.05) is 86.4 Å². The minimum absolute atomic E-state index is 0.00545. The number of aliphatic hydroxyl groups is 6. The molecule has 12 rings (SSSR count). The Hall–Kier alpha value is -3.98. The number of carbonyl (C=O) groups excluding carboxylic acids is 6. The first kappa shape index (κ1) is 110. The predicted molar refractivity (Wildman–Crippen MR) is 507 cm³/mol. The second-order valence-electron chi connectivity index (χ2n) is 44.0.